The van der Waals surface area contributed by atoms with Crippen LogP contribution < -0.4 is 10.6 Å². The summed E-state index contributed by atoms with van der Waals surface area (Å²) in [7, 11) is 0. The van der Waals surface area contributed by atoms with Crippen LogP contribution in [0.15, 0.2) is 24.3 Å². The minimum Gasteiger partial charge on any atom is -0.385 e. The van der Waals surface area contributed by atoms with Gasteiger partial charge in [0.05, 0.1) is 0 Å². The molecule has 132 valence electrons. The van der Waals surface area contributed by atoms with Gasteiger partial charge in [0.15, 0.2) is 0 Å². The molecule has 2 N–H and O–H groups in total. The van der Waals surface area contributed by atoms with Crippen LogP contribution >= 0.6 is 0 Å². The molecule has 2 aromatic rings. The Morgan fingerprint density at radius 1 is 0.625 bits per heavy atom. The van der Waals surface area contributed by atoms with Gasteiger partial charge in [0, 0.05) is 24.5 Å². The maximum Gasteiger partial charge on any atom is 0.0376 e. The van der Waals surface area contributed by atoms with Crippen LogP contribution in [-0.4, -0.2) is 13.1 Å². The van der Waals surface area contributed by atoms with Gasteiger partial charge in [-0.25, -0.2) is 0 Å². The van der Waals surface area contributed by atoms with Gasteiger partial charge in [0.25, 0.3) is 0 Å². The summed E-state index contributed by atoms with van der Waals surface area (Å²) in [6.07, 6.45) is 7.62. The summed E-state index contributed by atoms with van der Waals surface area (Å²) < 4.78 is 0. The molecule has 24 heavy (non-hydrogen) atoms. The fourth-order valence-electron chi connectivity index (χ4n) is 3.29. The Labute approximate surface area is 148 Å². The molecule has 0 atom stereocenters. The van der Waals surface area contributed by atoms with Crippen molar-refractivity contribution in [1.82, 2.24) is 0 Å². The number of benzene rings is 2. The minimum absolute atomic E-state index is 1.07. The molecule has 0 heterocycles. The number of anilines is 2. The molecule has 2 rings (SSSR count). The lowest BCUT2D eigenvalue weighted by molar-refractivity contribution is 0.743. The first kappa shape index (κ1) is 18.6. The lowest BCUT2D eigenvalue weighted by atomic mass is 9.98. The Bertz CT molecular complexity index is 589. The zero-order valence-corrected chi connectivity index (χ0v) is 16.0. The molecule has 0 fully saturated rings. The summed E-state index contributed by atoms with van der Waals surface area (Å²) in [5.41, 5.74) is 5.29. The van der Waals surface area contributed by atoms with Crippen LogP contribution in [0, 0.1) is 13.8 Å². The molecular weight excluding hydrogens is 292 g/mol. The van der Waals surface area contributed by atoms with E-state index in [1.807, 2.05) is 0 Å². The van der Waals surface area contributed by atoms with Crippen molar-refractivity contribution in [2.45, 2.75) is 66.2 Å². The molecule has 0 aliphatic carbocycles. The summed E-state index contributed by atoms with van der Waals surface area (Å²) >= 11 is 0. The van der Waals surface area contributed by atoms with Gasteiger partial charge in [-0.2, -0.15) is 0 Å². The molecule has 0 radical (unpaired) electrons. The van der Waals surface area contributed by atoms with E-state index in [0.717, 1.165) is 13.1 Å². The average Bonchev–Trinajstić information content (AvgIpc) is 2.59. The second-order valence-corrected chi connectivity index (χ2v) is 6.84. The molecule has 2 nitrogen and oxygen atoms in total. The van der Waals surface area contributed by atoms with Crippen molar-refractivity contribution in [2.75, 3.05) is 23.7 Å². The smallest absolute Gasteiger partial charge is 0.0376 e. The van der Waals surface area contributed by atoms with E-state index in [0.29, 0.717) is 0 Å². The molecule has 2 aromatic carbocycles. The average molecular weight is 327 g/mol. The Hall–Kier alpha value is -1.70. The van der Waals surface area contributed by atoms with Crippen LogP contribution in [0.2, 0.25) is 0 Å². The SMILES string of the molecule is CCCCCNc1ccc2c(C)c(NCCCCC)ccc2c1C. The molecule has 0 amide bonds. The van der Waals surface area contributed by atoms with Gasteiger partial charge in [0.2, 0.25) is 0 Å². The van der Waals surface area contributed by atoms with Crippen LogP contribution in [0.5, 0.6) is 0 Å². The molecule has 0 unspecified atom stereocenters. The summed E-state index contributed by atoms with van der Waals surface area (Å²) in [6.45, 7) is 11.1. The van der Waals surface area contributed by atoms with E-state index >= 15 is 0 Å². The summed E-state index contributed by atoms with van der Waals surface area (Å²) in [6, 6.07) is 9.04. The van der Waals surface area contributed by atoms with E-state index < -0.39 is 0 Å². The first-order chi connectivity index (χ1) is 11.7. The third-order valence-corrected chi connectivity index (χ3v) is 4.93. The Kier molecular flexibility index (Phi) is 7.42. The zero-order chi connectivity index (χ0) is 17.4. The van der Waals surface area contributed by atoms with E-state index in [2.05, 4.69) is 62.6 Å². The number of hydrogen-bond acceptors (Lipinski definition) is 2. The van der Waals surface area contributed by atoms with Crippen molar-refractivity contribution in [2.24, 2.45) is 0 Å². The van der Waals surface area contributed by atoms with Crippen LogP contribution in [0.25, 0.3) is 10.8 Å². The second-order valence-electron chi connectivity index (χ2n) is 6.84. The topological polar surface area (TPSA) is 24.1 Å². The van der Waals surface area contributed by atoms with Gasteiger partial charge in [-0.15, -0.1) is 0 Å². The van der Waals surface area contributed by atoms with E-state index in [9.17, 15) is 0 Å². The van der Waals surface area contributed by atoms with Crippen LogP contribution in [0.3, 0.4) is 0 Å². The first-order valence-electron chi connectivity index (χ1n) is 9.69. The highest BCUT2D eigenvalue weighted by Crippen LogP contribution is 2.31. The molecule has 0 aromatic heterocycles. The molecule has 0 saturated heterocycles. The first-order valence-corrected chi connectivity index (χ1v) is 9.69. The maximum atomic E-state index is 3.61. The molecule has 0 aliphatic rings. The van der Waals surface area contributed by atoms with E-state index in [1.54, 1.807) is 0 Å². The summed E-state index contributed by atoms with van der Waals surface area (Å²) in [5, 5.41) is 9.95. The predicted octanol–water partition coefficient (Wildman–Crippen LogP) is 6.66. The molecular formula is C22H34N2. The number of nitrogens with one attached hydrogen (secondary N) is 2. The number of aryl methyl sites for hydroxylation is 2. The molecule has 0 spiro atoms. The van der Waals surface area contributed by atoms with Crippen molar-refractivity contribution < 1.29 is 0 Å². The molecule has 0 bridgehead atoms. The summed E-state index contributed by atoms with van der Waals surface area (Å²) in [4.78, 5) is 0. The van der Waals surface area contributed by atoms with E-state index in [1.165, 1.54) is 71.8 Å². The summed E-state index contributed by atoms with van der Waals surface area (Å²) in [5.74, 6) is 0. The highest BCUT2D eigenvalue weighted by Gasteiger charge is 2.08. The van der Waals surface area contributed by atoms with Gasteiger partial charge >= 0.3 is 0 Å². The Balaban J connectivity index is 2.13. The van der Waals surface area contributed by atoms with Crippen LogP contribution in [0.1, 0.15) is 63.5 Å². The van der Waals surface area contributed by atoms with Gasteiger partial charge < -0.3 is 10.6 Å². The van der Waals surface area contributed by atoms with Crippen molar-refractivity contribution in [3.05, 3.63) is 35.4 Å². The van der Waals surface area contributed by atoms with Crippen molar-refractivity contribution in [3.63, 3.8) is 0 Å². The van der Waals surface area contributed by atoms with Crippen LogP contribution in [0.4, 0.5) is 11.4 Å². The number of rotatable bonds is 10. The lowest BCUT2D eigenvalue weighted by Crippen LogP contribution is -2.05. The highest BCUT2D eigenvalue weighted by molar-refractivity contribution is 5.95. The monoisotopic (exact) mass is 326 g/mol. The van der Waals surface area contributed by atoms with E-state index in [4.69, 9.17) is 0 Å². The fraction of sp³-hybridized carbons (Fsp3) is 0.545. The lowest BCUT2D eigenvalue weighted by Gasteiger charge is -2.16. The zero-order valence-electron chi connectivity index (χ0n) is 16.0. The van der Waals surface area contributed by atoms with Crippen molar-refractivity contribution in [3.8, 4) is 0 Å². The Morgan fingerprint density at radius 2 is 1.04 bits per heavy atom. The van der Waals surface area contributed by atoms with Gasteiger partial charge in [-0.05, 0) is 60.7 Å². The predicted molar refractivity (Wildman–Crippen MR) is 109 cm³/mol. The van der Waals surface area contributed by atoms with Gasteiger partial charge in [-0.3, -0.25) is 0 Å². The van der Waals surface area contributed by atoms with Gasteiger partial charge in [-0.1, -0.05) is 51.7 Å². The fourth-order valence-corrected chi connectivity index (χ4v) is 3.29. The van der Waals surface area contributed by atoms with Crippen molar-refractivity contribution in [1.29, 1.82) is 0 Å². The number of hydrogen-bond donors (Lipinski definition) is 2. The molecule has 2 heteroatoms. The van der Waals surface area contributed by atoms with Crippen molar-refractivity contribution >= 4 is 22.1 Å². The standard InChI is InChI=1S/C22H34N2/c1-5-7-9-15-23-21-13-11-20-18(4)22(24-16-10-8-6-2)14-12-19(20)17(21)3/h11-14,23-24H,5-10,15-16H2,1-4H3. The number of fused-ring (bicyclic) bond motifs is 1. The largest absolute Gasteiger partial charge is 0.385 e. The van der Waals surface area contributed by atoms with E-state index in [-0.39, 0.29) is 0 Å². The van der Waals surface area contributed by atoms with Gasteiger partial charge in [0.1, 0.15) is 0 Å². The highest BCUT2D eigenvalue weighted by atomic mass is 14.9. The Morgan fingerprint density at radius 3 is 1.42 bits per heavy atom. The minimum atomic E-state index is 1.07. The molecule has 0 aliphatic heterocycles. The molecule has 0 saturated carbocycles. The maximum absolute atomic E-state index is 3.61. The third kappa shape index (κ3) is 4.66. The quantitative estimate of drug-likeness (QED) is 0.477. The second kappa shape index (κ2) is 9.56. The third-order valence-electron chi connectivity index (χ3n) is 4.93. The number of unbranched alkanes of at least 4 members (excludes halogenated alkanes) is 4. The van der Waals surface area contributed by atoms with Crippen LogP contribution in [-0.2, 0) is 0 Å². The normalized spacial score (nSPS) is 11.0.